The van der Waals surface area contributed by atoms with Crippen molar-refractivity contribution in [2.24, 2.45) is 7.05 Å². The van der Waals surface area contributed by atoms with Gasteiger partial charge in [0.1, 0.15) is 5.82 Å². The minimum absolute atomic E-state index is 0.193. The van der Waals surface area contributed by atoms with Gasteiger partial charge in [-0.3, -0.25) is 0 Å². The Hall–Kier alpha value is -1.32. The molecule has 0 bridgehead atoms. The maximum atomic E-state index is 6.44. The van der Waals surface area contributed by atoms with Gasteiger partial charge < -0.3 is 9.88 Å². The predicted molar refractivity (Wildman–Crippen MR) is 79.5 cm³/mol. The molecule has 1 N–H and O–H groups in total. The number of aryl methyl sites for hydroxylation is 2. The molecular weight excluding hydrogens is 258 g/mol. The quantitative estimate of drug-likeness (QED) is 0.909. The molecule has 2 aromatic rings. The van der Waals surface area contributed by atoms with Crippen molar-refractivity contribution in [1.82, 2.24) is 14.9 Å². The highest BCUT2D eigenvalue weighted by Crippen LogP contribution is 2.28. The largest absolute Gasteiger partial charge is 0.338 e. The molecule has 1 aromatic heterocycles. The van der Waals surface area contributed by atoms with Gasteiger partial charge in [-0.25, -0.2) is 4.98 Å². The Morgan fingerprint density at radius 1 is 1.42 bits per heavy atom. The van der Waals surface area contributed by atoms with Crippen LogP contribution in [0.25, 0.3) is 0 Å². The average Bonchev–Trinajstić information content (AvgIpc) is 2.78. The molecule has 0 amide bonds. The lowest BCUT2D eigenvalue weighted by molar-refractivity contribution is 0.529. The molecule has 0 radical (unpaired) electrons. The van der Waals surface area contributed by atoms with Gasteiger partial charge >= 0.3 is 0 Å². The number of rotatable bonds is 5. The average molecular weight is 278 g/mol. The summed E-state index contributed by atoms with van der Waals surface area (Å²) in [6.07, 6.45) is 4.63. The lowest BCUT2D eigenvalue weighted by Gasteiger charge is -2.20. The second kappa shape index (κ2) is 6.22. The number of hydrogen-bond donors (Lipinski definition) is 1. The lowest BCUT2D eigenvalue weighted by Crippen LogP contribution is -2.24. The summed E-state index contributed by atoms with van der Waals surface area (Å²) >= 11 is 6.44. The molecule has 0 aliphatic carbocycles. The van der Waals surface area contributed by atoms with Gasteiger partial charge in [0.2, 0.25) is 0 Å². The van der Waals surface area contributed by atoms with E-state index in [9.17, 15) is 0 Å². The summed E-state index contributed by atoms with van der Waals surface area (Å²) in [5, 5.41) is 4.34. The first-order chi connectivity index (χ1) is 9.13. The van der Waals surface area contributed by atoms with Gasteiger partial charge in [0.15, 0.2) is 0 Å². The minimum atomic E-state index is 0.193. The first-order valence-corrected chi connectivity index (χ1v) is 6.95. The Morgan fingerprint density at radius 2 is 2.21 bits per heavy atom. The van der Waals surface area contributed by atoms with Gasteiger partial charge in [-0.15, -0.1) is 0 Å². The zero-order valence-corrected chi connectivity index (χ0v) is 12.4. The number of imidazole rings is 1. The van der Waals surface area contributed by atoms with E-state index in [2.05, 4.69) is 29.4 Å². The molecule has 2 rings (SSSR count). The lowest BCUT2D eigenvalue weighted by atomic mass is 10.0. The predicted octanol–water partition coefficient (Wildman–Crippen LogP) is 3.28. The highest BCUT2D eigenvalue weighted by atomic mass is 35.5. The Balaban J connectivity index is 2.29. The van der Waals surface area contributed by atoms with Crippen LogP contribution in [0.1, 0.15) is 29.9 Å². The molecule has 3 nitrogen and oxygen atoms in total. The summed E-state index contributed by atoms with van der Waals surface area (Å²) in [6, 6.07) is 6.37. The number of likely N-dealkylation sites (N-methyl/N-ethyl adjacent to an activating group) is 1. The van der Waals surface area contributed by atoms with E-state index < -0.39 is 0 Å². The summed E-state index contributed by atoms with van der Waals surface area (Å²) in [4.78, 5) is 4.40. The zero-order valence-electron chi connectivity index (χ0n) is 11.7. The standard InChI is InChI=1S/C15H20ClN3/c1-4-17-13(10-14-18-8-9-19(14)3)12-7-5-6-11(2)15(12)16/h5-9,13,17H,4,10H2,1-3H3. The van der Waals surface area contributed by atoms with E-state index in [0.717, 1.165) is 34.9 Å². The molecule has 1 unspecified atom stereocenters. The molecule has 1 heterocycles. The van der Waals surface area contributed by atoms with Crippen LogP contribution in [0.15, 0.2) is 30.6 Å². The van der Waals surface area contributed by atoms with Gasteiger partial charge in [-0.2, -0.15) is 0 Å². The van der Waals surface area contributed by atoms with E-state index in [0.29, 0.717) is 0 Å². The summed E-state index contributed by atoms with van der Waals surface area (Å²) < 4.78 is 2.05. The Bertz CT molecular complexity index is 548. The van der Waals surface area contributed by atoms with Crippen LogP contribution >= 0.6 is 11.6 Å². The zero-order chi connectivity index (χ0) is 13.8. The maximum Gasteiger partial charge on any atom is 0.110 e. The Kier molecular flexibility index (Phi) is 4.61. The summed E-state index contributed by atoms with van der Waals surface area (Å²) in [7, 11) is 2.02. The molecule has 0 fully saturated rings. The van der Waals surface area contributed by atoms with Crippen molar-refractivity contribution in [2.75, 3.05) is 6.54 Å². The van der Waals surface area contributed by atoms with Crippen molar-refractivity contribution < 1.29 is 0 Å². The van der Waals surface area contributed by atoms with Crippen molar-refractivity contribution in [2.45, 2.75) is 26.3 Å². The third kappa shape index (κ3) is 3.17. The van der Waals surface area contributed by atoms with Gasteiger partial charge in [-0.05, 0) is 24.6 Å². The molecule has 1 aromatic carbocycles. The molecule has 0 spiro atoms. The van der Waals surface area contributed by atoms with Crippen LogP contribution < -0.4 is 5.32 Å². The molecule has 0 saturated heterocycles. The van der Waals surface area contributed by atoms with Gasteiger partial charge in [-0.1, -0.05) is 36.7 Å². The normalized spacial score (nSPS) is 12.6. The van der Waals surface area contributed by atoms with Crippen molar-refractivity contribution in [3.05, 3.63) is 52.6 Å². The number of aromatic nitrogens is 2. The van der Waals surface area contributed by atoms with E-state index in [4.69, 9.17) is 11.6 Å². The third-order valence-corrected chi connectivity index (χ3v) is 3.87. The summed E-state index contributed by atoms with van der Waals surface area (Å²) in [5.74, 6) is 1.06. The highest BCUT2D eigenvalue weighted by Gasteiger charge is 2.17. The van der Waals surface area contributed by atoms with Crippen LogP contribution in [-0.4, -0.2) is 16.1 Å². The Morgan fingerprint density at radius 3 is 2.84 bits per heavy atom. The van der Waals surface area contributed by atoms with E-state index in [1.807, 2.05) is 37.0 Å². The molecule has 0 aliphatic heterocycles. The van der Waals surface area contributed by atoms with Crippen LogP contribution in [0.5, 0.6) is 0 Å². The topological polar surface area (TPSA) is 29.9 Å². The molecule has 0 saturated carbocycles. The molecule has 102 valence electrons. The van der Waals surface area contributed by atoms with Crippen LogP contribution in [0.3, 0.4) is 0 Å². The van der Waals surface area contributed by atoms with Crippen molar-refractivity contribution in [3.8, 4) is 0 Å². The fourth-order valence-corrected chi connectivity index (χ4v) is 2.51. The number of nitrogens with one attached hydrogen (secondary N) is 1. The highest BCUT2D eigenvalue weighted by molar-refractivity contribution is 6.32. The van der Waals surface area contributed by atoms with Crippen molar-refractivity contribution >= 4 is 11.6 Å². The van der Waals surface area contributed by atoms with Crippen LogP contribution in [0.4, 0.5) is 0 Å². The van der Waals surface area contributed by atoms with Gasteiger partial charge in [0.05, 0.1) is 0 Å². The number of nitrogens with zero attached hydrogens (tertiary/aromatic N) is 2. The van der Waals surface area contributed by atoms with E-state index in [-0.39, 0.29) is 6.04 Å². The van der Waals surface area contributed by atoms with E-state index in [1.165, 1.54) is 0 Å². The van der Waals surface area contributed by atoms with E-state index in [1.54, 1.807) is 0 Å². The van der Waals surface area contributed by atoms with E-state index >= 15 is 0 Å². The summed E-state index contributed by atoms with van der Waals surface area (Å²) in [5.41, 5.74) is 2.26. The number of benzene rings is 1. The van der Waals surface area contributed by atoms with Crippen molar-refractivity contribution in [1.29, 1.82) is 0 Å². The molecule has 19 heavy (non-hydrogen) atoms. The second-order valence-electron chi connectivity index (χ2n) is 4.75. The fraction of sp³-hybridized carbons (Fsp3) is 0.400. The van der Waals surface area contributed by atoms with Crippen molar-refractivity contribution in [3.63, 3.8) is 0 Å². The molecule has 1 atom stereocenters. The minimum Gasteiger partial charge on any atom is -0.338 e. The first-order valence-electron chi connectivity index (χ1n) is 6.58. The molecular formula is C15H20ClN3. The van der Waals surface area contributed by atoms with Gasteiger partial charge in [0, 0.05) is 36.9 Å². The smallest absolute Gasteiger partial charge is 0.110 e. The fourth-order valence-electron chi connectivity index (χ4n) is 2.25. The second-order valence-corrected chi connectivity index (χ2v) is 5.12. The molecule has 0 aliphatic rings. The number of halogens is 1. The van der Waals surface area contributed by atoms with Crippen LogP contribution in [0.2, 0.25) is 5.02 Å². The van der Waals surface area contributed by atoms with Gasteiger partial charge in [0.25, 0.3) is 0 Å². The third-order valence-electron chi connectivity index (χ3n) is 3.36. The summed E-state index contributed by atoms with van der Waals surface area (Å²) in [6.45, 7) is 5.05. The first kappa shape index (κ1) is 14.1. The maximum absolute atomic E-state index is 6.44. The Labute approximate surface area is 119 Å². The van der Waals surface area contributed by atoms with Crippen LogP contribution in [0, 0.1) is 6.92 Å². The SMILES string of the molecule is CCNC(Cc1nccn1C)c1cccc(C)c1Cl. The number of hydrogen-bond acceptors (Lipinski definition) is 2. The molecule has 4 heteroatoms. The van der Waals surface area contributed by atoms with Crippen LogP contribution in [-0.2, 0) is 13.5 Å². The monoisotopic (exact) mass is 277 g/mol.